The zero-order valence-electron chi connectivity index (χ0n) is 42.3. The van der Waals surface area contributed by atoms with Gasteiger partial charge in [-0.3, -0.25) is 38.4 Å². The summed E-state index contributed by atoms with van der Waals surface area (Å²) in [6.07, 6.45) is 5.01. The molecule has 0 spiro atoms. The van der Waals surface area contributed by atoms with E-state index >= 15 is 0 Å². The Morgan fingerprint density at radius 3 is 1.73 bits per heavy atom. The van der Waals surface area contributed by atoms with Gasteiger partial charge in [0.15, 0.2) is 11.6 Å². The van der Waals surface area contributed by atoms with Crippen LogP contribution in [0.2, 0.25) is 0 Å². The average molecular weight is 1020 g/mol. The molecule has 26 nitrogen and oxygen atoms in total. The number of carbonyl (C=O) groups excluding carboxylic acids is 8. The normalized spacial score (nSPS) is 11.0. The minimum absolute atomic E-state index is 0.0342. The van der Waals surface area contributed by atoms with Crippen molar-refractivity contribution in [2.45, 2.75) is 25.7 Å². The zero-order valence-corrected chi connectivity index (χ0v) is 42.3. The van der Waals surface area contributed by atoms with Crippen LogP contribution in [0.15, 0.2) is 70.3 Å². The summed E-state index contributed by atoms with van der Waals surface area (Å²) >= 11 is 0. The summed E-state index contributed by atoms with van der Waals surface area (Å²) in [5, 5.41) is 21.9. The maximum absolute atomic E-state index is 13.3. The summed E-state index contributed by atoms with van der Waals surface area (Å²) in [4.78, 5) is 128. The molecule has 26 heteroatoms. The van der Waals surface area contributed by atoms with Crippen LogP contribution in [-0.4, -0.2) is 141 Å². The topological polar surface area (TPSA) is 315 Å². The Hall–Kier alpha value is -9.07. The van der Waals surface area contributed by atoms with Gasteiger partial charge in [-0.05, 0) is 63.5 Å². The van der Waals surface area contributed by atoms with Crippen molar-refractivity contribution in [3.8, 4) is 0 Å². The Morgan fingerprint density at radius 2 is 1.14 bits per heavy atom. The van der Waals surface area contributed by atoms with Gasteiger partial charge < -0.3 is 75.0 Å². The Kier molecular flexibility index (Phi) is 17.9. The number of hydrogen-bond donors (Lipinski definition) is 8. The Labute approximate surface area is 424 Å². The van der Waals surface area contributed by atoms with E-state index in [1.807, 2.05) is 44.1 Å². The summed E-state index contributed by atoms with van der Waals surface area (Å²) in [6.45, 7) is 1.34. The number of nitrogens with zero attached hydrogens (tertiary/aromatic N) is 8. The highest BCUT2D eigenvalue weighted by Crippen LogP contribution is 2.21. The number of imidazole rings is 2. The van der Waals surface area contributed by atoms with Crippen LogP contribution in [0.1, 0.15) is 78.3 Å². The Balaban J connectivity index is 0.907. The molecule has 8 amide bonds. The van der Waals surface area contributed by atoms with E-state index in [0.29, 0.717) is 23.2 Å². The van der Waals surface area contributed by atoms with Crippen LogP contribution < -0.4 is 53.1 Å². The summed E-state index contributed by atoms with van der Waals surface area (Å²) < 4.78 is 11.1. The molecule has 6 rings (SSSR count). The van der Waals surface area contributed by atoms with Gasteiger partial charge in [0, 0.05) is 123 Å². The van der Waals surface area contributed by atoms with Crippen molar-refractivity contribution in [3.05, 3.63) is 100 Å². The number of aryl methyl sites for hydroxylation is 3. The van der Waals surface area contributed by atoms with Gasteiger partial charge >= 0.3 is 5.63 Å². The monoisotopic (exact) mass is 1020 g/mol. The molecule has 0 saturated carbocycles. The second-order valence-corrected chi connectivity index (χ2v) is 17.6. The van der Waals surface area contributed by atoms with Crippen molar-refractivity contribution in [2.75, 3.05) is 87.1 Å². The number of hydrogen-bond acceptors (Lipinski definition) is 14. The van der Waals surface area contributed by atoms with Crippen molar-refractivity contribution in [2.24, 2.45) is 28.2 Å². The average Bonchev–Trinajstić information content (AvgIpc) is 4.11. The molecule has 0 aliphatic carbocycles. The van der Waals surface area contributed by atoms with Crippen LogP contribution in [0.5, 0.6) is 0 Å². The van der Waals surface area contributed by atoms with Gasteiger partial charge in [-0.15, -0.1) is 0 Å². The Morgan fingerprint density at radius 1 is 0.568 bits per heavy atom. The molecule has 0 bridgehead atoms. The summed E-state index contributed by atoms with van der Waals surface area (Å²) in [5.41, 5.74) is 0.856. The first kappa shape index (κ1) is 54.3. The summed E-state index contributed by atoms with van der Waals surface area (Å²) in [7, 11) is 13.9. The van der Waals surface area contributed by atoms with Crippen molar-refractivity contribution in [1.29, 1.82) is 0 Å². The van der Waals surface area contributed by atoms with E-state index in [2.05, 4.69) is 52.5 Å². The molecule has 0 atom stereocenters. The third-order valence-corrected chi connectivity index (χ3v) is 11.3. The second-order valence-electron chi connectivity index (χ2n) is 17.6. The lowest BCUT2D eigenvalue weighted by Gasteiger charge is -2.12. The van der Waals surface area contributed by atoms with Crippen LogP contribution >= 0.6 is 0 Å². The minimum atomic E-state index is -0.818. The van der Waals surface area contributed by atoms with Crippen molar-refractivity contribution in [1.82, 2.24) is 54.4 Å². The largest absolute Gasteiger partial charge is 0.422 e. The van der Waals surface area contributed by atoms with Crippen LogP contribution in [0.25, 0.3) is 11.0 Å². The number of rotatable bonds is 23. The molecular formula is C48H60N16O10. The van der Waals surface area contributed by atoms with Gasteiger partial charge in [0.05, 0.1) is 5.69 Å². The maximum atomic E-state index is 13.3. The Bertz CT molecular complexity index is 3160. The number of benzene rings is 1. The first-order valence-electron chi connectivity index (χ1n) is 23.3. The lowest BCUT2D eigenvalue weighted by Crippen LogP contribution is -2.32. The molecular weight excluding hydrogens is 961 g/mol. The number of aromatic nitrogens is 6. The predicted molar refractivity (Wildman–Crippen MR) is 274 cm³/mol. The molecule has 0 fully saturated rings. The first-order valence-corrected chi connectivity index (χ1v) is 23.3. The van der Waals surface area contributed by atoms with Gasteiger partial charge in [0.2, 0.25) is 29.4 Å². The highest BCUT2D eigenvalue weighted by molar-refractivity contribution is 6.05. The number of amides is 8. The number of fused-ring (bicyclic) bond motifs is 1. The molecule has 5 aromatic heterocycles. The molecule has 0 unspecified atom stereocenters. The highest BCUT2D eigenvalue weighted by Gasteiger charge is 2.22. The SMILES string of the molecule is CN(C)CCCNC(=O)CCNC(=O)c1cc(NC(=O)c2nc(NC(=O)CCNC(=O)c3ccc(NC(=O)c4nc(NC(=O)CCNC(=O)c5cc6ccc(N(C)C)cc6oc5=O)cn4C)n3C)cn2C)cn1C. The van der Waals surface area contributed by atoms with E-state index in [1.165, 1.54) is 54.9 Å². The number of anilines is 5. The van der Waals surface area contributed by atoms with Gasteiger partial charge in [-0.1, -0.05) is 0 Å². The van der Waals surface area contributed by atoms with E-state index in [-0.39, 0.29) is 90.9 Å². The molecule has 392 valence electrons. The second kappa shape index (κ2) is 24.4. The van der Waals surface area contributed by atoms with E-state index in [0.717, 1.165) is 18.7 Å². The smallest absolute Gasteiger partial charge is 0.349 e. The molecule has 1 aromatic carbocycles. The minimum Gasteiger partial charge on any atom is -0.422 e. The van der Waals surface area contributed by atoms with Crippen molar-refractivity contribution >= 4 is 87.1 Å². The highest BCUT2D eigenvalue weighted by atomic mass is 16.4. The van der Waals surface area contributed by atoms with E-state index < -0.39 is 47.0 Å². The molecule has 8 N–H and O–H groups in total. The van der Waals surface area contributed by atoms with Gasteiger partial charge in [0.1, 0.15) is 28.4 Å². The fraction of sp³-hybridized carbons (Fsp3) is 0.354. The third kappa shape index (κ3) is 14.3. The lowest BCUT2D eigenvalue weighted by molar-refractivity contribution is -0.121. The van der Waals surface area contributed by atoms with Gasteiger partial charge in [0.25, 0.3) is 29.5 Å². The summed E-state index contributed by atoms with van der Waals surface area (Å²) in [5.74, 6) is -3.83. The fourth-order valence-electron chi connectivity index (χ4n) is 7.36. The standard InChI is InChI=1S/C48H60N16O10/c1-59(2)21-9-17-49-38(65)14-18-52-45(70)33-23-29(25-61(33)5)53-46(71)41-56-35(26-62(41)6)54-40(67)16-20-51-44(69)32-12-13-37(64(32)8)58-47(72)42-57-36(27-63(42)7)55-39(66)15-19-50-43(68)31-22-28-10-11-30(60(3)4)24-34(28)74-48(31)73/h10-13,22-27H,9,14-21H2,1-8H3,(H,49,65)(H,50,68)(H,51,69)(H,52,70)(H,53,71)(H,54,67)(H,55,66)(H,58,72). The molecule has 0 aliphatic rings. The maximum Gasteiger partial charge on any atom is 0.349 e. The van der Waals surface area contributed by atoms with Gasteiger partial charge in [-0.2, -0.15) is 0 Å². The predicted octanol–water partition coefficient (Wildman–Crippen LogP) is 1.21. The van der Waals surface area contributed by atoms with E-state index in [4.69, 9.17) is 4.42 Å². The molecule has 0 radical (unpaired) electrons. The van der Waals surface area contributed by atoms with Crippen LogP contribution in [0.4, 0.5) is 28.8 Å². The van der Waals surface area contributed by atoms with Crippen LogP contribution in [-0.2, 0) is 42.6 Å². The molecule has 5 heterocycles. The quantitative estimate of drug-likeness (QED) is 0.0331. The molecule has 6 aromatic rings. The fourth-order valence-corrected chi connectivity index (χ4v) is 7.36. The van der Waals surface area contributed by atoms with Crippen LogP contribution in [0.3, 0.4) is 0 Å². The van der Waals surface area contributed by atoms with Crippen molar-refractivity contribution in [3.63, 3.8) is 0 Å². The lowest BCUT2D eigenvalue weighted by atomic mass is 10.1. The van der Waals surface area contributed by atoms with Gasteiger partial charge in [-0.25, -0.2) is 14.8 Å². The summed E-state index contributed by atoms with van der Waals surface area (Å²) in [6, 6.07) is 11.1. The first-order chi connectivity index (χ1) is 35.2. The van der Waals surface area contributed by atoms with Crippen LogP contribution in [0, 0.1) is 0 Å². The zero-order chi connectivity index (χ0) is 53.8. The number of carbonyl (C=O) groups is 8. The third-order valence-electron chi connectivity index (χ3n) is 11.3. The van der Waals surface area contributed by atoms with Crippen molar-refractivity contribution < 1.29 is 42.8 Å². The molecule has 74 heavy (non-hydrogen) atoms. The molecule has 0 saturated heterocycles. The van der Waals surface area contributed by atoms with E-state index in [1.54, 1.807) is 46.5 Å². The van der Waals surface area contributed by atoms with E-state index in [9.17, 15) is 43.2 Å². The number of nitrogens with one attached hydrogen (secondary N) is 8. The molecule has 0 aliphatic heterocycles.